The number of carbonyl (C=O) groups excluding carboxylic acids is 1. The molecule has 0 radical (unpaired) electrons. The lowest BCUT2D eigenvalue weighted by molar-refractivity contribution is -0.117. The smallest absolute Gasteiger partial charge is 0.221 e. The molecule has 0 heterocycles. The molecule has 58 valence electrons. The summed E-state index contributed by atoms with van der Waals surface area (Å²) in [5, 5.41) is 0. The Morgan fingerprint density at radius 2 is 2.36 bits per heavy atom. The zero-order valence-corrected chi connectivity index (χ0v) is 7.96. The van der Waals surface area contributed by atoms with Gasteiger partial charge in [0.15, 0.2) is 1.41 Å². The van der Waals surface area contributed by atoms with Crippen LogP contribution in [0.1, 0.15) is 5.56 Å². The number of rotatable bonds is 2. The summed E-state index contributed by atoms with van der Waals surface area (Å²) in [7, 11) is 0. The van der Waals surface area contributed by atoms with Crippen molar-refractivity contribution in [2.45, 2.75) is 6.42 Å². The molecule has 0 saturated carbocycles. The molecule has 0 unspecified atom stereocenters. The normalized spacial score (nSPS) is 10.5. The highest BCUT2D eigenvalue weighted by Crippen LogP contribution is 2.11. The molecule has 1 rings (SSSR count). The highest BCUT2D eigenvalue weighted by molar-refractivity contribution is 14.1. The van der Waals surface area contributed by atoms with E-state index in [-0.39, 0.29) is 12.3 Å². The molecule has 1 aromatic carbocycles. The topological polar surface area (TPSA) is 43.1 Å². The van der Waals surface area contributed by atoms with Gasteiger partial charge in [0, 0.05) is 3.57 Å². The van der Waals surface area contributed by atoms with Gasteiger partial charge < -0.3 is 5.73 Å². The Hall–Kier alpha value is -0.580. The van der Waals surface area contributed by atoms with E-state index in [4.69, 9.17) is 1.41 Å². The summed E-state index contributed by atoms with van der Waals surface area (Å²) in [5.41, 5.74) is 2.81. The van der Waals surface area contributed by atoms with Crippen LogP contribution in [0.4, 0.5) is 0 Å². The molecule has 11 heavy (non-hydrogen) atoms. The number of hydrogen-bond acceptors (Lipinski definition) is 1. The van der Waals surface area contributed by atoms with Gasteiger partial charge in [0.1, 0.15) is 0 Å². The maximum Gasteiger partial charge on any atom is 0.221 e. The fourth-order valence-corrected chi connectivity index (χ4v) is 1.39. The summed E-state index contributed by atoms with van der Waals surface area (Å²) in [4.78, 5) is 10.8. The minimum atomic E-state index is -0.279. The van der Waals surface area contributed by atoms with Crippen LogP contribution < -0.4 is 5.73 Å². The van der Waals surface area contributed by atoms with E-state index in [2.05, 4.69) is 22.6 Å². The van der Waals surface area contributed by atoms with E-state index in [9.17, 15) is 4.79 Å². The van der Waals surface area contributed by atoms with Crippen molar-refractivity contribution < 1.29 is 6.21 Å². The van der Waals surface area contributed by atoms with Gasteiger partial charge in [-0.15, -0.1) is 0 Å². The molecule has 1 amide bonds. The summed E-state index contributed by atoms with van der Waals surface area (Å²) < 4.78 is 7.68. The minimum absolute atomic E-state index is 0.279. The van der Waals surface area contributed by atoms with Crippen LogP contribution in [-0.2, 0) is 11.2 Å². The predicted octanol–water partition coefficient (Wildman–Crippen LogP) is 1.32. The second-order valence-electron chi connectivity index (χ2n) is 2.19. The van der Waals surface area contributed by atoms with Crippen molar-refractivity contribution in [2.75, 3.05) is 0 Å². The summed E-state index contributed by atoms with van der Waals surface area (Å²) in [6.07, 6.45) is 0.280. The molecule has 2 nitrogen and oxygen atoms in total. The van der Waals surface area contributed by atoms with E-state index < -0.39 is 0 Å². The Bertz CT molecular complexity index is 290. The van der Waals surface area contributed by atoms with E-state index >= 15 is 0 Å². The Labute approximate surface area is 80.4 Å². The van der Waals surface area contributed by atoms with Crippen molar-refractivity contribution in [3.8, 4) is 0 Å². The lowest BCUT2D eigenvalue weighted by Crippen LogP contribution is -2.14. The fraction of sp³-hybridized carbons (Fsp3) is 0.125. The molecule has 0 aromatic heterocycles. The summed E-state index contributed by atoms with van der Waals surface area (Å²) in [5.74, 6) is -0.279. The number of carbonyl (C=O) groups is 1. The zero-order chi connectivity index (χ0) is 8.97. The van der Waals surface area contributed by atoms with Gasteiger partial charge in [-0.2, -0.15) is 0 Å². The number of hydrogen-bond donors (Lipinski definition) is 1. The molecule has 3 heteroatoms. The van der Waals surface area contributed by atoms with Crippen LogP contribution in [0.15, 0.2) is 24.3 Å². The van der Waals surface area contributed by atoms with Gasteiger partial charge in [-0.05, 0) is 34.2 Å². The largest absolute Gasteiger partial charge is 0.369 e. The van der Waals surface area contributed by atoms with Crippen LogP contribution in [0, 0.1) is 3.57 Å². The number of primary amides is 1. The van der Waals surface area contributed by atoms with Crippen molar-refractivity contribution in [1.82, 2.24) is 0 Å². The van der Waals surface area contributed by atoms with E-state index in [1.54, 1.807) is 0 Å². The first-order valence-corrected chi connectivity index (χ1v) is 4.26. The molecule has 0 saturated heterocycles. The SMILES string of the molecule is [2H]NC(=O)Cc1ccccc1I. The molecule has 1 aromatic rings. The van der Waals surface area contributed by atoms with E-state index in [0.717, 1.165) is 9.13 Å². The first-order chi connectivity index (χ1) is 5.74. The molecular weight excluding hydrogens is 253 g/mol. The molecule has 2 N–H and O–H groups in total. The maximum absolute atomic E-state index is 10.8. The standard InChI is InChI=1S/C8H8INO/c9-7-4-2-1-3-6(7)5-8(10)11/h1-4H,5H2,(H2,10,11)/i/hD. The number of amides is 1. The van der Waals surface area contributed by atoms with E-state index in [1.165, 1.54) is 0 Å². The molecule has 0 aliphatic heterocycles. The quantitative estimate of drug-likeness (QED) is 0.802. The number of halogens is 1. The van der Waals surface area contributed by atoms with Crippen molar-refractivity contribution in [1.29, 1.82) is 0 Å². The van der Waals surface area contributed by atoms with Crippen LogP contribution >= 0.6 is 22.6 Å². The number of benzene rings is 1. The monoisotopic (exact) mass is 262 g/mol. The summed E-state index contributed by atoms with van der Waals surface area (Å²) in [6.45, 7) is 0. The molecule has 0 aliphatic rings. The predicted molar refractivity (Wildman–Crippen MR) is 52.1 cm³/mol. The third kappa shape index (κ3) is 2.49. The molecule has 0 aliphatic carbocycles. The Kier molecular flexibility index (Phi) is 2.39. The van der Waals surface area contributed by atoms with Gasteiger partial charge in [0.2, 0.25) is 5.91 Å². The first kappa shape index (κ1) is 7.09. The van der Waals surface area contributed by atoms with Gasteiger partial charge in [-0.25, -0.2) is 0 Å². The fourth-order valence-electron chi connectivity index (χ4n) is 0.815. The highest BCUT2D eigenvalue weighted by atomic mass is 127. The second kappa shape index (κ2) is 3.71. The van der Waals surface area contributed by atoms with Gasteiger partial charge in [0.05, 0.1) is 6.42 Å². The second-order valence-corrected chi connectivity index (χ2v) is 3.35. The Balaban J connectivity index is 2.75. The Morgan fingerprint density at radius 1 is 1.64 bits per heavy atom. The molecule has 0 atom stereocenters. The zero-order valence-electron chi connectivity index (χ0n) is 6.80. The molecule has 0 spiro atoms. The van der Waals surface area contributed by atoms with Crippen LogP contribution in [0.2, 0.25) is 1.41 Å². The van der Waals surface area contributed by atoms with Crippen LogP contribution in [0.3, 0.4) is 0 Å². The average Bonchev–Trinajstić information content (AvgIpc) is 2.09. The van der Waals surface area contributed by atoms with Crippen LogP contribution in [0.5, 0.6) is 0 Å². The molecular formula is C8H8INO. The molecule has 0 fully saturated rings. The van der Waals surface area contributed by atoms with Crippen molar-refractivity contribution in [3.63, 3.8) is 0 Å². The van der Waals surface area contributed by atoms with E-state index in [1.807, 2.05) is 30.0 Å². The third-order valence-electron chi connectivity index (χ3n) is 1.31. The minimum Gasteiger partial charge on any atom is -0.369 e. The van der Waals surface area contributed by atoms with Crippen molar-refractivity contribution in [3.05, 3.63) is 33.4 Å². The first-order valence-electron chi connectivity index (χ1n) is 3.68. The van der Waals surface area contributed by atoms with Crippen LogP contribution in [-0.4, -0.2) is 5.91 Å². The van der Waals surface area contributed by atoms with Gasteiger partial charge in [0.25, 0.3) is 0 Å². The van der Waals surface area contributed by atoms with Gasteiger partial charge in [-0.3, -0.25) is 4.79 Å². The van der Waals surface area contributed by atoms with Gasteiger partial charge >= 0.3 is 0 Å². The van der Waals surface area contributed by atoms with Crippen molar-refractivity contribution in [2.24, 2.45) is 5.73 Å². The lowest BCUT2D eigenvalue weighted by atomic mass is 10.1. The lowest BCUT2D eigenvalue weighted by Gasteiger charge is -1.99. The van der Waals surface area contributed by atoms with Crippen LogP contribution in [0.25, 0.3) is 0 Å². The van der Waals surface area contributed by atoms with Crippen molar-refractivity contribution >= 4 is 28.5 Å². The van der Waals surface area contributed by atoms with Gasteiger partial charge in [-0.1, -0.05) is 18.2 Å². The average molecular weight is 262 g/mol. The Morgan fingerprint density at radius 3 is 3.00 bits per heavy atom. The number of nitrogens with two attached hydrogens (primary N) is 1. The molecule has 0 bridgehead atoms. The maximum atomic E-state index is 10.8. The summed E-state index contributed by atoms with van der Waals surface area (Å²) >= 11 is 2.17. The third-order valence-corrected chi connectivity index (χ3v) is 2.36. The highest BCUT2D eigenvalue weighted by Gasteiger charge is 2.00. The van der Waals surface area contributed by atoms with E-state index in [0.29, 0.717) is 0 Å². The summed E-state index contributed by atoms with van der Waals surface area (Å²) in [6, 6.07) is 7.63.